The fourth-order valence-corrected chi connectivity index (χ4v) is 5.56. The molecule has 0 radical (unpaired) electrons. The molecule has 0 saturated carbocycles. The quantitative estimate of drug-likeness (QED) is 0.145. The average Bonchev–Trinajstić information content (AvgIpc) is 3.24. The maximum absolute atomic E-state index is 12.7. The second-order valence-electron chi connectivity index (χ2n) is 11.3. The molecule has 0 aliphatic heterocycles. The molecular weight excluding hydrogens is 484 g/mol. The first kappa shape index (κ1) is 27.0. The molecule has 0 bridgehead atoms. The maximum Gasteiger partial charge on any atom is 0.346 e. The van der Waals surface area contributed by atoms with Gasteiger partial charge in [0.05, 0.1) is 15.8 Å². The summed E-state index contributed by atoms with van der Waals surface area (Å²) in [4.78, 5) is 29.3. The van der Waals surface area contributed by atoms with Crippen molar-refractivity contribution in [3.63, 3.8) is 0 Å². The van der Waals surface area contributed by atoms with Crippen LogP contribution < -0.4 is 10.9 Å². The molecule has 0 spiro atoms. The Kier molecular flexibility index (Phi) is 7.85. The number of thiazole rings is 1. The van der Waals surface area contributed by atoms with Crippen LogP contribution in [0.1, 0.15) is 72.3 Å². The molecule has 2 aromatic heterocycles. The summed E-state index contributed by atoms with van der Waals surface area (Å²) in [6.07, 6.45) is 2.05. The zero-order chi connectivity index (χ0) is 26.8. The molecule has 196 valence electrons. The Labute approximate surface area is 222 Å². The number of benzene rings is 2. The van der Waals surface area contributed by atoms with Crippen LogP contribution in [0, 0.1) is 0 Å². The number of nitrogens with zero attached hydrogens (tertiary/aromatic N) is 1. The third kappa shape index (κ3) is 7.05. The van der Waals surface area contributed by atoms with Crippen LogP contribution in [0.4, 0.5) is 0 Å². The molecule has 1 N–H and O–H groups in total. The van der Waals surface area contributed by atoms with Gasteiger partial charge >= 0.3 is 11.6 Å². The molecule has 1 unspecified atom stereocenters. The topological polar surface area (TPSA) is 81.4 Å². The van der Waals surface area contributed by atoms with Crippen LogP contribution in [0.5, 0.6) is 0 Å². The average molecular weight is 521 g/mol. The summed E-state index contributed by atoms with van der Waals surface area (Å²) in [6, 6.07) is 15.8. The SMILES string of the molecule is CC(CC(C)(C)NCCCC(=O)OC(C)(C)C)c1ccc2oc(=O)c(-c3nc4ccccc4s3)cc2c1. The van der Waals surface area contributed by atoms with E-state index in [0.717, 1.165) is 35.0 Å². The normalized spacial score (nSPS) is 13.2. The van der Waals surface area contributed by atoms with Gasteiger partial charge in [-0.15, -0.1) is 11.3 Å². The molecule has 0 saturated heterocycles. The molecule has 6 nitrogen and oxygen atoms in total. The third-order valence-electron chi connectivity index (χ3n) is 6.25. The lowest BCUT2D eigenvalue weighted by atomic mass is 9.86. The first-order valence-electron chi connectivity index (χ1n) is 12.8. The number of rotatable bonds is 9. The van der Waals surface area contributed by atoms with Gasteiger partial charge in [-0.2, -0.15) is 0 Å². The third-order valence-corrected chi connectivity index (χ3v) is 7.32. The Balaban J connectivity index is 1.43. The maximum atomic E-state index is 12.7. The molecule has 7 heteroatoms. The summed E-state index contributed by atoms with van der Waals surface area (Å²) in [5, 5.41) is 5.15. The number of carbonyl (C=O) groups is 1. The number of nitrogens with one attached hydrogen (secondary N) is 1. The van der Waals surface area contributed by atoms with Gasteiger partial charge in [-0.05, 0) is 95.8 Å². The van der Waals surface area contributed by atoms with Crippen molar-refractivity contribution < 1.29 is 13.9 Å². The van der Waals surface area contributed by atoms with Gasteiger partial charge in [-0.1, -0.05) is 25.1 Å². The molecule has 4 rings (SSSR count). The molecule has 2 heterocycles. The monoisotopic (exact) mass is 520 g/mol. The Bertz CT molecular complexity index is 1430. The minimum atomic E-state index is -0.448. The molecule has 4 aromatic rings. The van der Waals surface area contributed by atoms with Crippen molar-refractivity contribution in [2.45, 2.75) is 77.9 Å². The lowest BCUT2D eigenvalue weighted by Gasteiger charge is -2.30. The fourth-order valence-electron chi connectivity index (χ4n) is 4.59. The molecular formula is C30H36N2O4S. The van der Waals surface area contributed by atoms with E-state index in [1.165, 1.54) is 16.9 Å². The number of aromatic nitrogens is 1. The molecule has 37 heavy (non-hydrogen) atoms. The van der Waals surface area contributed by atoms with Crippen LogP contribution in [0.25, 0.3) is 31.8 Å². The number of fused-ring (bicyclic) bond motifs is 2. The minimum absolute atomic E-state index is 0.113. The molecule has 0 fully saturated rings. The zero-order valence-electron chi connectivity index (χ0n) is 22.5. The van der Waals surface area contributed by atoms with E-state index in [-0.39, 0.29) is 23.1 Å². The highest BCUT2D eigenvalue weighted by atomic mass is 32.1. The van der Waals surface area contributed by atoms with Crippen LogP contribution in [0.15, 0.2) is 57.7 Å². The van der Waals surface area contributed by atoms with Crippen LogP contribution in [-0.4, -0.2) is 28.6 Å². The zero-order valence-corrected chi connectivity index (χ0v) is 23.3. The highest BCUT2D eigenvalue weighted by Crippen LogP contribution is 2.32. The van der Waals surface area contributed by atoms with E-state index in [0.29, 0.717) is 22.6 Å². The van der Waals surface area contributed by atoms with Crippen LogP contribution >= 0.6 is 11.3 Å². The Morgan fingerprint density at radius 3 is 2.59 bits per heavy atom. The van der Waals surface area contributed by atoms with E-state index in [2.05, 4.69) is 37.1 Å². The van der Waals surface area contributed by atoms with Gasteiger partial charge in [-0.3, -0.25) is 4.79 Å². The summed E-state index contributed by atoms with van der Waals surface area (Å²) in [6.45, 7) is 13.0. The highest BCUT2D eigenvalue weighted by molar-refractivity contribution is 7.21. The Morgan fingerprint density at radius 2 is 1.86 bits per heavy atom. The van der Waals surface area contributed by atoms with Gasteiger partial charge in [0.2, 0.25) is 0 Å². The van der Waals surface area contributed by atoms with Crippen molar-refractivity contribution in [2.24, 2.45) is 0 Å². The standard InChI is InChI=1S/C30H36N2O4S/c1-19(18-30(5,6)31-15-9-12-26(33)36-29(2,3)4)20-13-14-24-21(16-20)17-22(28(34)35-24)27-32-23-10-7-8-11-25(23)37-27/h7-8,10-11,13-14,16-17,19,31H,9,12,15,18H2,1-6H3. The van der Waals surface area contributed by atoms with Gasteiger partial charge < -0.3 is 14.5 Å². The number of hydrogen-bond acceptors (Lipinski definition) is 7. The van der Waals surface area contributed by atoms with E-state index in [1.54, 1.807) is 0 Å². The van der Waals surface area contributed by atoms with Crippen molar-refractivity contribution in [2.75, 3.05) is 6.54 Å². The fraction of sp³-hybridized carbons (Fsp3) is 0.433. The number of esters is 1. The first-order valence-corrected chi connectivity index (χ1v) is 13.6. The van der Waals surface area contributed by atoms with Crippen molar-refractivity contribution in [1.29, 1.82) is 0 Å². The van der Waals surface area contributed by atoms with Gasteiger partial charge in [0.25, 0.3) is 0 Å². The Morgan fingerprint density at radius 1 is 1.11 bits per heavy atom. The second-order valence-corrected chi connectivity index (χ2v) is 12.4. The second kappa shape index (κ2) is 10.8. The summed E-state index contributed by atoms with van der Waals surface area (Å²) in [5.41, 5.74) is 2.19. The van der Waals surface area contributed by atoms with Crippen molar-refractivity contribution >= 4 is 38.5 Å². The molecule has 0 amide bonds. The van der Waals surface area contributed by atoms with E-state index >= 15 is 0 Å². The van der Waals surface area contributed by atoms with E-state index in [1.807, 2.05) is 63.2 Å². The first-order chi connectivity index (χ1) is 17.4. The van der Waals surface area contributed by atoms with E-state index in [9.17, 15) is 9.59 Å². The lowest BCUT2D eigenvalue weighted by molar-refractivity contribution is -0.154. The molecule has 0 aliphatic carbocycles. The van der Waals surface area contributed by atoms with Crippen molar-refractivity contribution in [3.8, 4) is 10.6 Å². The number of hydrogen-bond donors (Lipinski definition) is 1. The van der Waals surface area contributed by atoms with Crippen molar-refractivity contribution in [1.82, 2.24) is 10.3 Å². The molecule has 1 atom stereocenters. The highest BCUT2D eigenvalue weighted by Gasteiger charge is 2.22. The summed E-state index contributed by atoms with van der Waals surface area (Å²) in [5.74, 6) is 0.115. The summed E-state index contributed by atoms with van der Waals surface area (Å²) >= 11 is 1.50. The number of ether oxygens (including phenoxy) is 1. The van der Waals surface area contributed by atoms with Crippen LogP contribution in [0.2, 0.25) is 0 Å². The molecule has 0 aliphatic rings. The van der Waals surface area contributed by atoms with E-state index < -0.39 is 5.60 Å². The van der Waals surface area contributed by atoms with Gasteiger partial charge in [0.1, 0.15) is 16.2 Å². The number of para-hydroxylation sites is 1. The Hall–Kier alpha value is -3.03. The molecule has 2 aromatic carbocycles. The lowest BCUT2D eigenvalue weighted by Crippen LogP contribution is -2.41. The van der Waals surface area contributed by atoms with Crippen LogP contribution in [0.3, 0.4) is 0 Å². The van der Waals surface area contributed by atoms with Crippen molar-refractivity contribution in [3.05, 3.63) is 64.5 Å². The minimum Gasteiger partial charge on any atom is -0.460 e. The predicted molar refractivity (Wildman–Crippen MR) is 151 cm³/mol. The largest absolute Gasteiger partial charge is 0.460 e. The van der Waals surface area contributed by atoms with Gasteiger partial charge in [0, 0.05) is 17.3 Å². The van der Waals surface area contributed by atoms with Crippen LogP contribution in [-0.2, 0) is 9.53 Å². The number of carbonyl (C=O) groups excluding carboxylic acids is 1. The summed E-state index contributed by atoms with van der Waals surface area (Å²) < 4.78 is 12.1. The van der Waals surface area contributed by atoms with Gasteiger partial charge in [-0.25, -0.2) is 9.78 Å². The smallest absolute Gasteiger partial charge is 0.346 e. The predicted octanol–water partition coefficient (Wildman–Crippen LogP) is 7.05. The van der Waals surface area contributed by atoms with E-state index in [4.69, 9.17) is 9.15 Å². The van der Waals surface area contributed by atoms with Gasteiger partial charge in [0.15, 0.2) is 0 Å². The summed E-state index contributed by atoms with van der Waals surface area (Å²) in [7, 11) is 0.